The molecular weight excluding hydrogens is 354 g/mol. The van der Waals surface area contributed by atoms with Crippen LogP contribution in [0.1, 0.15) is 19.8 Å². The number of hydrogen-bond acceptors (Lipinski definition) is 5. The molecule has 26 heavy (non-hydrogen) atoms. The highest BCUT2D eigenvalue weighted by atomic mass is 32.2. The highest BCUT2D eigenvalue weighted by Gasteiger charge is 2.26. The van der Waals surface area contributed by atoms with Gasteiger partial charge in [0.25, 0.3) is 0 Å². The van der Waals surface area contributed by atoms with Crippen LogP contribution in [0.25, 0.3) is 0 Å². The molecule has 1 aliphatic rings. The Morgan fingerprint density at radius 1 is 1.19 bits per heavy atom. The van der Waals surface area contributed by atoms with Gasteiger partial charge in [-0.1, -0.05) is 25.5 Å². The molecule has 0 aliphatic carbocycles. The highest BCUT2D eigenvalue weighted by Crippen LogP contribution is 2.28. The topological polar surface area (TPSA) is 70.2 Å². The van der Waals surface area contributed by atoms with Crippen molar-refractivity contribution in [2.24, 2.45) is 0 Å². The van der Waals surface area contributed by atoms with Gasteiger partial charge >= 0.3 is 0 Å². The summed E-state index contributed by atoms with van der Waals surface area (Å²) < 4.78 is 30.5. The number of piperazine rings is 1. The van der Waals surface area contributed by atoms with E-state index < -0.39 is 10.0 Å². The lowest BCUT2D eigenvalue weighted by Gasteiger charge is -2.37. The van der Waals surface area contributed by atoms with Crippen LogP contribution in [-0.4, -0.2) is 76.2 Å². The second kappa shape index (κ2) is 9.23. The fourth-order valence-corrected chi connectivity index (χ4v) is 3.84. The monoisotopic (exact) mass is 383 g/mol. The molecule has 1 fully saturated rings. The van der Waals surface area contributed by atoms with Crippen LogP contribution in [-0.2, 0) is 14.8 Å². The number of sulfonamides is 1. The van der Waals surface area contributed by atoms with Gasteiger partial charge in [0.05, 0.1) is 25.6 Å². The number of benzene rings is 1. The summed E-state index contributed by atoms with van der Waals surface area (Å²) in [5.41, 5.74) is 1.02. The van der Waals surface area contributed by atoms with E-state index in [0.29, 0.717) is 32.7 Å². The van der Waals surface area contributed by atoms with Crippen molar-refractivity contribution in [1.82, 2.24) is 9.21 Å². The Morgan fingerprint density at radius 3 is 2.42 bits per heavy atom. The largest absolute Gasteiger partial charge is 0.495 e. The second-order valence-corrected chi connectivity index (χ2v) is 8.47. The summed E-state index contributed by atoms with van der Waals surface area (Å²) in [6, 6.07) is 7.82. The first kappa shape index (κ1) is 20.5. The molecule has 0 atom stereocenters. The number of para-hydroxylation sites is 2. The van der Waals surface area contributed by atoms with Crippen LogP contribution in [0.15, 0.2) is 24.3 Å². The predicted octanol–water partition coefficient (Wildman–Crippen LogP) is 1.41. The van der Waals surface area contributed by atoms with Crippen molar-refractivity contribution in [3.8, 4) is 5.75 Å². The van der Waals surface area contributed by atoms with Gasteiger partial charge < -0.3 is 14.5 Å². The van der Waals surface area contributed by atoms with Gasteiger partial charge in [-0.25, -0.2) is 8.42 Å². The molecule has 8 heteroatoms. The number of carbonyl (C=O) groups is 1. The van der Waals surface area contributed by atoms with Gasteiger partial charge in [0.1, 0.15) is 5.75 Å². The SMILES string of the molecule is CCCCN(CC(=O)N1CCN(c2ccccc2OC)CC1)S(C)(=O)=O. The smallest absolute Gasteiger partial charge is 0.238 e. The molecule has 1 aliphatic heterocycles. The molecule has 7 nitrogen and oxygen atoms in total. The first-order valence-electron chi connectivity index (χ1n) is 8.97. The lowest BCUT2D eigenvalue weighted by molar-refractivity contribution is -0.131. The van der Waals surface area contributed by atoms with Gasteiger partial charge in [-0.05, 0) is 18.6 Å². The number of hydrogen-bond donors (Lipinski definition) is 0. The zero-order chi connectivity index (χ0) is 19.2. The molecule has 0 spiro atoms. The molecule has 0 aromatic heterocycles. The fourth-order valence-electron chi connectivity index (χ4n) is 3.04. The van der Waals surface area contributed by atoms with Crippen molar-refractivity contribution in [2.45, 2.75) is 19.8 Å². The van der Waals surface area contributed by atoms with E-state index in [2.05, 4.69) is 4.90 Å². The van der Waals surface area contributed by atoms with Gasteiger partial charge in [-0.15, -0.1) is 0 Å². The number of nitrogens with zero attached hydrogens (tertiary/aromatic N) is 3. The summed E-state index contributed by atoms with van der Waals surface area (Å²) in [6.07, 6.45) is 2.80. The average molecular weight is 384 g/mol. The van der Waals surface area contributed by atoms with Gasteiger partial charge in [0, 0.05) is 32.7 Å². The average Bonchev–Trinajstić information content (AvgIpc) is 2.64. The van der Waals surface area contributed by atoms with Crippen molar-refractivity contribution < 1.29 is 17.9 Å². The van der Waals surface area contributed by atoms with Crippen LogP contribution in [0.5, 0.6) is 5.75 Å². The van der Waals surface area contributed by atoms with E-state index in [1.807, 2.05) is 31.2 Å². The Bertz CT molecular complexity index is 700. The second-order valence-electron chi connectivity index (χ2n) is 6.49. The van der Waals surface area contributed by atoms with Crippen LogP contribution >= 0.6 is 0 Å². The van der Waals surface area contributed by atoms with Crippen LogP contribution in [0, 0.1) is 0 Å². The van der Waals surface area contributed by atoms with Crippen molar-refractivity contribution in [1.29, 1.82) is 0 Å². The van der Waals surface area contributed by atoms with E-state index in [4.69, 9.17) is 4.74 Å². The van der Waals surface area contributed by atoms with Gasteiger partial charge in [0.15, 0.2) is 0 Å². The maximum Gasteiger partial charge on any atom is 0.238 e. The molecule has 1 saturated heterocycles. The van der Waals surface area contributed by atoms with Crippen molar-refractivity contribution >= 4 is 21.6 Å². The number of ether oxygens (including phenoxy) is 1. The van der Waals surface area contributed by atoms with Gasteiger partial charge in [0.2, 0.25) is 15.9 Å². The predicted molar refractivity (Wildman–Crippen MR) is 103 cm³/mol. The Hall–Kier alpha value is -1.80. The number of amides is 1. The maximum absolute atomic E-state index is 12.6. The van der Waals surface area contributed by atoms with E-state index in [0.717, 1.165) is 30.5 Å². The number of carbonyl (C=O) groups excluding carboxylic acids is 1. The Morgan fingerprint density at radius 2 is 1.85 bits per heavy atom. The molecule has 0 bridgehead atoms. The summed E-state index contributed by atoms with van der Waals surface area (Å²) in [4.78, 5) is 16.5. The number of rotatable bonds is 8. The van der Waals surface area contributed by atoms with Gasteiger partial charge in [-0.2, -0.15) is 4.31 Å². The van der Waals surface area contributed by atoms with E-state index in [1.54, 1.807) is 12.0 Å². The maximum atomic E-state index is 12.6. The molecule has 1 amide bonds. The Labute approximate surface area is 156 Å². The minimum absolute atomic E-state index is 0.0759. The third-order valence-corrected chi connectivity index (χ3v) is 5.85. The third-order valence-electron chi connectivity index (χ3n) is 4.60. The molecule has 146 valence electrons. The highest BCUT2D eigenvalue weighted by molar-refractivity contribution is 7.88. The summed E-state index contributed by atoms with van der Waals surface area (Å²) in [5.74, 6) is 0.682. The van der Waals surface area contributed by atoms with Crippen LogP contribution in [0.2, 0.25) is 0 Å². The van der Waals surface area contributed by atoms with Crippen LogP contribution in [0.3, 0.4) is 0 Å². The zero-order valence-corrected chi connectivity index (χ0v) is 16.7. The fraction of sp³-hybridized carbons (Fsp3) is 0.611. The molecule has 0 saturated carbocycles. The number of unbranched alkanes of at least 4 members (excludes halogenated alkanes) is 1. The van der Waals surface area contributed by atoms with Crippen LogP contribution in [0.4, 0.5) is 5.69 Å². The molecular formula is C18H29N3O4S. The normalized spacial score (nSPS) is 15.4. The van der Waals surface area contributed by atoms with Crippen LogP contribution < -0.4 is 9.64 Å². The lowest BCUT2D eigenvalue weighted by Crippen LogP contribution is -2.52. The third kappa shape index (κ3) is 5.35. The van der Waals surface area contributed by atoms with Crippen molar-refractivity contribution in [3.05, 3.63) is 24.3 Å². The minimum Gasteiger partial charge on any atom is -0.495 e. The molecule has 1 heterocycles. The molecule has 1 aromatic carbocycles. The van der Waals surface area contributed by atoms with E-state index in [1.165, 1.54) is 4.31 Å². The first-order chi connectivity index (χ1) is 12.4. The summed E-state index contributed by atoms with van der Waals surface area (Å²) in [7, 11) is -1.73. The summed E-state index contributed by atoms with van der Waals surface area (Å²) in [5, 5.41) is 0. The van der Waals surface area contributed by atoms with E-state index in [-0.39, 0.29) is 12.5 Å². The summed E-state index contributed by atoms with van der Waals surface area (Å²) >= 11 is 0. The molecule has 0 N–H and O–H groups in total. The van der Waals surface area contributed by atoms with E-state index >= 15 is 0 Å². The lowest BCUT2D eigenvalue weighted by atomic mass is 10.2. The molecule has 0 unspecified atom stereocenters. The number of methoxy groups -OCH3 is 1. The molecule has 1 aromatic rings. The van der Waals surface area contributed by atoms with Crippen molar-refractivity contribution in [3.63, 3.8) is 0 Å². The zero-order valence-electron chi connectivity index (χ0n) is 15.8. The Balaban J connectivity index is 1.95. The molecule has 0 radical (unpaired) electrons. The summed E-state index contributed by atoms with van der Waals surface area (Å²) in [6.45, 7) is 4.85. The standard InChI is InChI=1S/C18H29N3O4S/c1-4-5-10-21(26(3,23)24)15-18(22)20-13-11-19(12-14-20)16-8-6-7-9-17(16)25-2/h6-9H,4-5,10-15H2,1-3H3. The molecule has 2 rings (SSSR count). The Kier molecular flexibility index (Phi) is 7.28. The minimum atomic E-state index is -3.37. The van der Waals surface area contributed by atoms with Gasteiger partial charge in [-0.3, -0.25) is 4.79 Å². The van der Waals surface area contributed by atoms with Crippen molar-refractivity contribution in [2.75, 3.05) is 57.5 Å². The quantitative estimate of drug-likeness (QED) is 0.679. The first-order valence-corrected chi connectivity index (χ1v) is 10.8. The number of anilines is 1. The van der Waals surface area contributed by atoms with E-state index in [9.17, 15) is 13.2 Å².